The largest absolute Gasteiger partial charge is 0.515 e. The van der Waals surface area contributed by atoms with Crippen LogP contribution in [0.25, 0.3) is 22.9 Å². The summed E-state index contributed by atoms with van der Waals surface area (Å²) in [5.41, 5.74) is 1.52. The molecule has 0 saturated carbocycles. The van der Waals surface area contributed by atoms with Gasteiger partial charge in [-0.2, -0.15) is 5.26 Å². The monoisotopic (exact) mass is 285 g/mol. The van der Waals surface area contributed by atoms with Crippen LogP contribution in [0.3, 0.4) is 0 Å². The molecule has 0 aliphatic heterocycles. The molecule has 0 fully saturated rings. The molecule has 0 amide bonds. The molecule has 0 spiro atoms. The third kappa shape index (κ3) is 1.49. The minimum Gasteiger partial charge on any atom is -0.515 e. The van der Waals surface area contributed by atoms with E-state index in [9.17, 15) is 15.2 Å². The lowest BCUT2D eigenvalue weighted by molar-refractivity contribution is 0.539. The SMILES string of the molecule is N#Cc1c(CCl)/c(=C\O)c(=O)n2c1nc1ccccc12. The number of nitriles is 1. The molecule has 0 saturated heterocycles. The Morgan fingerprint density at radius 3 is 2.85 bits per heavy atom. The van der Waals surface area contributed by atoms with Gasteiger partial charge in [0.2, 0.25) is 0 Å². The maximum Gasteiger partial charge on any atom is 0.267 e. The average molecular weight is 286 g/mol. The highest BCUT2D eigenvalue weighted by Gasteiger charge is 2.17. The molecule has 1 N–H and O–H groups in total. The molecule has 0 atom stereocenters. The summed E-state index contributed by atoms with van der Waals surface area (Å²) in [5.74, 6) is -0.0514. The van der Waals surface area contributed by atoms with E-state index in [1.165, 1.54) is 4.40 Å². The Bertz CT molecular complexity index is 986. The van der Waals surface area contributed by atoms with Crippen LogP contribution in [0, 0.1) is 11.3 Å². The molecule has 0 aliphatic rings. The van der Waals surface area contributed by atoms with Gasteiger partial charge in [-0.15, -0.1) is 11.6 Å². The van der Waals surface area contributed by atoms with E-state index in [0.717, 1.165) is 0 Å². The zero-order valence-electron chi connectivity index (χ0n) is 10.2. The fourth-order valence-electron chi connectivity index (χ4n) is 2.31. The Balaban J connectivity index is 2.74. The van der Waals surface area contributed by atoms with Gasteiger partial charge in [-0.25, -0.2) is 4.98 Å². The first-order chi connectivity index (χ1) is 9.72. The normalized spacial score (nSPS) is 12.1. The number of aliphatic hydroxyl groups is 1. The molecule has 0 unspecified atom stereocenters. The molecule has 6 heteroatoms. The van der Waals surface area contributed by atoms with Crippen LogP contribution in [-0.4, -0.2) is 14.5 Å². The van der Waals surface area contributed by atoms with Crippen molar-refractivity contribution in [3.8, 4) is 6.07 Å². The van der Waals surface area contributed by atoms with Crippen molar-refractivity contribution in [2.45, 2.75) is 5.88 Å². The molecule has 3 rings (SSSR count). The Morgan fingerprint density at radius 1 is 1.45 bits per heavy atom. The highest BCUT2D eigenvalue weighted by atomic mass is 35.5. The standard InChI is InChI=1S/C14H8ClN3O2/c15-5-8-9(6-16)13-17-11-3-1-2-4-12(11)18(13)14(20)10(8)7-19/h1-4,7,19H,5H2/b10-7+. The number of benzene rings is 1. The molecule has 2 heterocycles. The third-order valence-corrected chi connectivity index (χ3v) is 3.49. The average Bonchev–Trinajstić information content (AvgIpc) is 2.86. The summed E-state index contributed by atoms with van der Waals surface area (Å²) < 4.78 is 1.33. The van der Waals surface area contributed by atoms with Gasteiger partial charge in [-0.05, 0) is 12.1 Å². The number of nitrogens with zero attached hydrogens (tertiary/aromatic N) is 3. The first kappa shape index (κ1) is 12.5. The van der Waals surface area contributed by atoms with E-state index in [1.54, 1.807) is 24.3 Å². The number of imidazole rings is 1. The number of fused-ring (bicyclic) bond motifs is 3. The molecule has 1 aromatic carbocycles. The Labute approximate surface area is 118 Å². The maximum absolute atomic E-state index is 12.4. The summed E-state index contributed by atoms with van der Waals surface area (Å²) in [4.78, 5) is 16.8. The number of aromatic nitrogens is 2. The molecule has 0 radical (unpaired) electrons. The van der Waals surface area contributed by atoms with Gasteiger partial charge in [0.15, 0.2) is 5.65 Å². The molecular weight excluding hydrogens is 278 g/mol. The number of hydrogen-bond donors (Lipinski definition) is 1. The van der Waals surface area contributed by atoms with E-state index in [-0.39, 0.29) is 22.3 Å². The minimum atomic E-state index is -0.439. The van der Waals surface area contributed by atoms with Gasteiger partial charge >= 0.3 is 0 Å². The summed E-state index contributed by atoms with van der Waals surface area (Å²) in [6.45, 7) is 0. The van der Waals surface area contributed by atoms with Crippen molar-refractivity contribution < 1.29 is 5.11 Å². The molecular formula is C14H8ClN3O2. The number of rotatable bonds is 1. The van der Waals surface area contributed by atoms with E-state index in [4.69, 9.17) is 11.6 Å². The number of halogens is 1. The topological polar surface area (TPSA) is 78.4 Å². The minimum absolute atomic E-state index is 0.0206. The predicted octanol–water partition coefficient (Wildman–Crippen LogP) is 1.47. The summed E-state index contributed by atoms with van der Waals surface area (Å²) in [6.07, 6.45) is 0.690. The Kier molecular flexibility index (Phi) is 2.81. The second-order valence-electron chi connectivity index (χ2n) is 4.21. The molecule has 0 aliphatic carbocycles. The highest BCUT2D eigenvalue weighted by Crippen LogP contribution is 2.18. The van der Waals surface area contributed by atoms with Crippen LogP contribution in [0.2, 0.25) is 0 Å². The fourth-order valence-corrected chi connectivity index (χ4v) is 2.59. The van der Waals surface area contributed by atoms with Gasteiger partial charge in [-0.3, -0.25) is 9.20 Å². The highest BCUT2D eigenvalue weighted by molar-refractivity contribution is 6.17. The molecule has 0 bridgehead atoms. The van der Waals surface area contributed by atoms with Crippen LogP contribution < -0.4 is 10.8 Å². The van der Waals surface area contributed by atoms with Crippen molar-refractivity contribution >= 4 is 34.5 Å². The number of aliphatic hydroxyl groups excluding tert-OH is 1. The lowest BCUT2D eigenvalue weighted by Crippen LogP contribution is -2.34. The van der Waals surface area contributed by atoms with Gasteiger partial charge in [0.25, 0.3) is 5.56 Å². The lowest BCUT2D eigenvalue weighted by Gasteiger charge is -2.03. The number of hydrogen-bond acceptors (Lipinski definition) is 4. The summed E-state index contributed by atoms with van der Waals surface area (Å²) in [6, 6.07) is 9.08. The van der Waals surface area contributed by atoms with E-state index in [2.05, 4.69) is 4.98 Å². The first-order valence-electron chi connectivity index (χ1n) is 5.79. The second kappa shape index (κ2) is 4.51. The summed E-state index contributed by atoms with van der Waals surface area (Å²) in [7, 11) is 0. The summed E-state index contributed by atoms with van der Waals surface area (Å²) in [5, 5.41) is 18.6. The van der Waals surface area contributed by atoms with Gasteiger partial charge in [-0.1, -0.05) is 12.1 Å². The third-order valence-electron chi connectivity index (χ3n) is 3.22. The van der Waals surface area contributed by atoms with Crippen molar-refractivity contribution in [3.63, 3.8) is 0 Å². The van der Waals surface area contributed by atoms with Gasteiger partial charge in [0.05, 0.1) is 22.5 Å². The van der Waals surface area contributed by atoms with Gasteiger partial charge in [0, 0.05) is 11.4 Å². The van der Waals surface area contributed by atoms with Gasteiger partial charge in [0.1, 0.15) is 11.6 Å². The molecule has 5 nitrogen and oxygen atoms in total. The second-order valence-corrected chi connectivity index (χ2v) is 4.47. The molecule has 3 aromatic rings. The molecule has 98 valence electrons. The van der Waals surface area contributed by atoms with Crippen LogP contribution in [0.1, 0.15) is 11.1 Å². The molecule has 20 heavy (non-hydrogen) atoms. The van der Waals surface area contributed by atoms with Crippen molar-refractivity contribution in [1.29, 1.82) is 5.26 Å². The van der Waals surface area contributed by atoms with Crippen molar-refractivity contribution in [3.05, 3.63) is 51.0 Å². The zero-order valence-corrected chi connectivity index (χ0v) is 10.9. The van der Waals surface area contributed by atoms with Gasteiger partial charge < -0.3 is 5.11 Å². The number of pyridine rings is 1. The van der Waals surface area contributed by atoms with Crippen LogP contribution in [0.5, 0.6) is 0 Å². The quantitative estimate of drug-likeness (QED) is 0.687. The zero-order chi connectivity index (χ0) is 14.3. The first-order valence-corrected chi connectivity index (χ1v) is 6.33. The van der Waals surface area contributed by atoms with Crippen LogP contribution in [0.4, 0.5) is 0 Å². The lowest BCUT2D eigenvalue weighted by atomic mass is 10.1. The van der Waals surface area contributed by atoms with Crippen molar-refractivity contribution in [2.75, 3.05) is 0 Å². The number of para-hydroxylation sites is 2. The van der Waals surface area contributed by atoms with Crippen LogP contribution in [0.15, 0.2) is 29.1 Å². The van der Waals surface area contributed by atoms with Crippen molar-refractivity contribution in [1.82, 2.24) is 9.38 Å². The molecule has 2 aromatic heterocycles. The smallest absolute Gasteiger partial charge is 0.267 e. The maximum atomic E-state index is 12.4. The predicted molar refractivity (Wildman–Crippen MR) is 75.6 cm³/mol. The fraction of sp³-hybridized carbons (Fsp3) is 0.0714. The van der Waals surface area contributed by atoms with E-state index < -0.39 is 5.56 Å². The number of alkyl halides is 1. The van der Waals surface area contributed by atoms with E-state index >= 15 is 0 Å². The van der Waals surface area contributed by atoms with Crippen LogP contribution >= 0.6 is 11.6 Å². The van der Waals surface area contributed by atoms with E-state index in [0.29, 0.717) is 22.9 Å². The van der Waals surface area contributed by atoms with E-state index in [1.807, 2.05) is 6.07 Å². The summed E-state index contributed by atoms with van der Waals surface area (Å²) >= 11 is 5.81. The Hall–Kier alpha value is -2.58. The van der Waals surface area contributed by atoms with Crippen LogP contribution in [-0.2, 0) is 5.88 Å². The Morgan fingerprint density at radius 2 is 2.20 bits per heavy atom. The van der Waals surface area contributed by atoms with Crippen molar-refractivity contribution in [2.24, 2.45) is 0 Å².